The molecule has 8 heteroatoms. The third kappa shape index (κ3) is 5.30. The van der Waals surface area contributed by atoms with Crippen molar-refractivity contribution in [2.75, 3.05) is 18.5 Å². The Bertz CT molecular complexity index is 1040. The average Bonchev–Trinajstić information content (AvgIpc) is 2.73. The van der Waals surface area contributed by atoms with Gasteiger partial charge in [0.15, 0.2) is 0 Å². The zero-order chi connectivity index (χ0) is 21.5. The van der Waals surface area contributed by atoms with E-state index in [1.807, 2.05) is 43.3 Å². The summed E-state index contributed by atoms with van der Waals surface area (Å²) in [6.45, 7) is 4.15. The summed E-state index contributed by atoms with van der Waals surface area (Å²) in [5.74, 6) is 0.0897. The third-order valence-corrected chi connectivity index (χ3v) is 4.49. The molecule has 0 radical (unpaired) electrons. The monoisotopic (exact) mass is 409 g/mol. The number of esters is 1. The largest absolute Gasteiger partial charge is 0.427 e. The Morgan fingerprint density at radius 3 is 2.60 bits per heavy atom. The van der Waals surface area contributed by atoms with E-state index in [-0.39, 0.29) is 17.7 Å². The van der Waals surface area contributed by atoms with Gasteiger partial charge in [0.2, 0.25) is 0 Å². The summed E-state index contributed by atoms with van der Waals surface area (Å²) in [4.78, 5) is 26.4. The quantitative estimate of drug-likeness (QED) is 0.245. The van der Waals surface area contributed by atoms with Crippen LogP contribution in [0.3, 0.4) is 0 Å². The van der Waals surface area contributed by atoms with Gasteiger partial charge >= 0.3 is 11.7 Å². The molecule has 1 aromatic heterocycles. The Labute approximate surface area is 174 Å². The SMILES string of the molecule is CCOCC(Cc1ccc(OC(C)=O)cc1)Nc1c([N+](=O)[O-])cnc2ccccc12. The van der Waals surface area contributed by atoms with Crippen LogP contribution >= 0.6 is 0 Å². The first kappa shape index (κ1) is 21.2. The molecule has 1 atom stereocenters. The van der Waals surface area contributed by atoms with Crippen LogP contribution in [0.4, 0.5) is 11.4 Å². The van der Waals surface area contributed by atoms with Gasteiger partial charge in [-0.25, -0.2) is 4.98 Å². The standard InChI is InChI=1S/C22H23N3O5/c1-3-29-14-17(12-16-8-10-18(11-9-16)30-15(2)26)24-22-19-6-4-5-7-20(19)23-13-21(22)25(27)28/h4-11,13,17H,3,12,14H2,1-2H3,(H,23,24). The number of hydrogen-bond acceptors (Lipinski definition) is 7. The van der Waals surface area contributed by atoms with Gasteiger partial charge in [-0.3, -0.25) is 14.9 Å². The van der Waals surface area contributed by atoms with E-state index in [0.717, 1.165) is 5.56 Å². The molecule has 156 valence electrons. The van der Waals surface area contributed by atoms with Crippen LogP contribution in [0.5, 0.6) is 5.75 Å². The second kappa shape index (κ2) is 9.80. The van der Waals surface area contributed by atoms with Crippen molar-refractivity contribution in [3.8, 4) is 5.75 Å². The van der Waals surface area contributed by atoms with Crippen LogP contribution in [0, 0.1) is 10.1 Å². The minimum Gasteiger partial charge on any atom is -0.427 e. The number of ether oxygens (including phenoxy) is 2. The number of carbonyl (C=O) groups is 1. The molecule has 8 nitrogen and oxygen atoms in total. The number of rotatable bonds is 9. The molecule has 0 aliphatic heterocycles. The first-order valence-electron chi connectivity index (χ1n) is 9.61. The van der Waals surface area contributed by atoms with Gasteiger partial charge in [0, 0.05) is 18.9 Å². The number of anilines is 1. The van der Waals surface area contributed by atoms with Crippen molar-refractivity contribution in [3.63, 3.8) is 0 Å². The number of hydrogen-bond donors (Lipinski definition) is 1. The van der Waals surface area contributed by atoms with Gasteiger partial charge in [0.05, 0.1) is 23.1 Å². The maximum atomic E-state index is 11.6. The van der Waals surface area contributed by atoms with E-state index in [4.69, 9.17) is 9.47 Å². The van der Waals surface area contributed by atoms with Gasteiger partial charge in [-0.2, -0.15) is 0 Å². The predicted octanol–water partition coefficient (Wildman–Crippen LogP) is 4.13. The second-order valence-electron chi connectivity index (χ2n) is 6.74. The molecule has 0 aliphatic carbocycles. The van der Waals surface area contributed by atoms with Crippen LogP contribution in [0.2, 0.25) is 0 Å². The molecule has 1 heterocycles. The lowest BCUT2D eigenvalue weighted by Crippen LogP contribution is -2.28. The zero-order valence-corrected chi connectivity index (χ0v) is 16.8. The van der Waals surface area contributed by atoms with E-state index in [9.17, 15) is 14.9 Å². The molecule has 0 spiro atoms. The maximum absolute atomic E-state index is 11.6. The van der Waals surface area contributed by atoms with Crippen LogP contribution in [0.25, 0.3) is 10.9 Å². The fraction of sp³-hybridized carbons (Fsp3) is 0.273. The van der Waals surface area contributed by atoms with Gasteiger partial charge in [0.25, 0.3) is 0 Å². The molecular formula is C22H23N3O5. The van der Waals surface area contributed by atoms with Crippen molar-refractivity contribution in [1.29, 1.82) is 0 Å². The van der Waals surface area contributed by atoms with E-state index >= 15 is 0 Å². The lowest BCUT2D eigenvalue weighted by Gasteiger charge is -2.21. The first-order chi connectivity index (χ1) is 14.5. The molecule has 1 unspecified atom stereocenters. The summed E-state index contributed by atoms with van der Waals surface area (Å²) in [6.07, 6.45) is 1.84. The van der Waals surface area contributed by atoms with Gasteiger partial charge in [-0.1, -0.05) is 30.3 Å². The van der Waals surface area contributed by atoms with Crippen molar-refractivity contribution in [3.05, 3.63) is 70.4 Å². The number of nitrogens with one attached hydrogen (secondary N) is 1. The zero-order valence-electron chi connectivity index (χ0n) is 16.8. The fourth-order valence-electron chi connectivity index (χ4n) is 3.18. The van der Waals surface area contributed by atoms with E-state index < -0.39 is 4.92 Å². The van der Waals surface area contributed by atoms with Crippen molar-refractivity contribution < 1.29 is 19.2 Å². The molecule has 0 fully saturated rings. The van der Waals surface area contributed by atoms with Gasteiger partial charge in [-0.05, 0) is 37.1 Å². The molecule has 0 saturated heterocycles. The molecule has 2 aromatic carbocycles. The number of nitrogens with zero attached hydrogens (tertiary/aromatic N) is 2. The summed E-state index contributed by atoms with van der Waals surface area (Å²) < 4.78 is 10.7. The number of aromatic nitrogens is 1. The van der Waals surface area contributed by atoms with Crippen LogP contribution in [0.1, 0.15) is 19.4 Å². The summed E-state index contributed by atoms with van der Waals surface area (Å²) in [7, 11) is 0. The van der Waals surface area contributed by atoms with E-state index in [0.29, 0.717) is 42.0 Å². The van der Waals surface area contributed by atoms with Crippen LogP contribution in [0.15, 0.2) is 54.7 Å². The van der Waals surface area contributed by atoms with Crippen molar-refractivity contribution >= 4 is 28.2 Å². The summed E-state index contributed by atoms with van der Waals surface area (Å²) in [5.41, 5.74) is 1.99. The Morgan fingerprint density at radius 1 is 1.20 bits per heavy atom. The Morgan fingerprint density at radius 2 is 1.93 bits per heavy atom. The molecule has 3 rings (SSSR count). The van der Waals surface area contributed by atoms with Crippen molar-refractivity contribution in [1.82, 2.24) is 4.98 Å². The lowest BCUT2D eigenvalue weighted by atomic mass is 10.0. The number of nitro groups is 1. The molecule has 30 heavy (non-hydrogen) atoms. The highest BCUT2D eigenvalue weighted by Gasteiger charge is 2.21. The molecule has 3 aromatic rings. The minimum atomic E-state index is -0.437. The molecule has 1 N–H and O–H groups in total. The fourth-order valence-corrected chi connectivity index (χ4v) is 3.18. The highest BCUT2D eigenvalue weighted by molar-refractivity contribution is 5.95. The number of para-hydroxylation sites is 1. The van der Waals surface area contributed by atoms with Crippen molar-refractivity contribution in [2.24, 2.45) is 0 Å². The first-order valence-corrected chi connectivity index (χ1v) is 9.61. The van der Waals surface area contributed by atoms with Crippen LogP contribution in [-0.4, -0.2) is 35.1 Å². The number of benzene rings is 2. The van der Waals surface area contributed by atoms with Crippen molar-refractivity contribution in [2.45, 2.75) is 26.3 Å². The lowest BCUT2D eigenvalue weighted by molar-refractivity contribution is -0.384. The van der Waals surface area contributed by atoms with Crippen LogP contribution in [-0.2, 0) is 16.0 Å². The molecule has 0 bridgehead atoms. The normalized spacial score (nSPS) is 11.8. The van der Waals surface area contributed by atoms with E-state index in [1.54, 1.807) is 12.1 Å². The number of pyridine rings is 1. The van der Waals surface area contributed by atoms with E-state index in [2.05, 4.69) is 10.3 Å². The Balaban J connectivity index is 1.89. The summed E-state index contributed by atoms with van der Waals surface area (Å²) >= 11 is 0. The van der Waals surface area contributed by atoms with Gasteiger partial charge < -0.3 is 14.8 Å². The second-order valence-corrected chi connectivity index (χ2v) is 6.74. The highest BCUT2D eigenvalue weighted by atomic mass is 16.6. The highest BCUT2D eigenvalue weighted by Crippen LogP contribution is 2.32. The average molecular weight is 409 g/mol. The van der Waals surface area contributed by atoms with Gasteiger partial charge in [0.1, 0.15) is 17.6 Å². The Hall–Kier alpha value is -3.52. The smallest absolute Gasteiger partial charge is 0.311 e. The molecule has 0 aliphatic rings. The number of carbonyl (C=O) groups excluding carboxylic acids is 1. The van der Waals surface area contributed by atoms with Crippen LogP contribution < -0.4 is 10.1 Å². The minimum absolute atomic E-state index is 0.0830. The maximum Gasteiger partial charge on any atom is 0.311 e. The molecular weight excluding hydrogens is 386 g/mol. The summed E-state index contributed by atoms with van der Waals surface area (Å²) in [5, 5.41) is 15.6. The number of fused-ring (bicyclic) bond motifs is 1. The third-order valence-electron chi connectivity index (χ3n) is 4.49. The topological polar surface area (TPSA) is 104 Å². The van der Waals surface area contributed by atoms with Gasteiger partial charge in [-0.15, -0.1) is 0 Å². The van der Waals surface area contributed by atoms with E-state index in [1.165, 1.54) is 13.1 Å². The predicted molar refractivity (Wildman–Crippen MR) is 114 cm³/mol. The Kier molecular flexibility index (Phi) is 6.92. The molecule has 0 saturated carbocycles. The molecule has 0 amide bonds. The summed E-state index contributed by atoms with van der Waals surface area (Å²) in [6, 6.07) is 14.2.